The number of fused-ring (bicyclic) bond motifs is 1. The number of aromatic amines is 1. The number of H-pyrrole nitrogens is 1. The average Bonchev–Trinajstić information content (AvgIpc) is 2.46. The van der Waals surface area contributed by atoms with Gasteiger partial charge < -0.3 is 4.98 Å². The van der Waals surface area contributed by atoms with Crippen molar-refractivity contribution in [2.45, 2.75) is 0 Å². The highest BCUT2D eigenvalue weighted by molar-refractivity contribution is 5.77. The molecule has 0 aromatic carbocycles. The second-order valence-corrected chi connectivity index (χ2v) is 3.96. The van der Waals surface area contributed by atoms with Crippen LogP contribution in [0, 0.1) is 0 Å². The molecule has 0 radical (unpaired) electrons. The van der Waals surface area contributed by atoms with Crippen LogP contribution in [0.2, 0.25) is 0 Å². The Labute approximate surface area is 108 Å². The van der Waals surface area contributed by atoms with Crippen LogP contribution >= 0.6 is 0 Å². The summed E-state index contributed by atoms with van der Waals surface area (Å²) < 4.78 is 0. The van der Waals surface area contributed by atoms with Crippen molar-refractivity contribution in [1.82, 2.24) is 19.9 Å². The Morgan fingerprint density at radius 3 is 2.79 bits per heavy atom. The van der Waals surface area contributed by atoms with E-state index < -0.39 is 0 Å². The summed E-state index contributed by atoms with van der Waals surface area (Å²) in [5.41, 5.74) is 1.35. The fourth-order valence-corrected chi connectivity index (χ4v) is 1.74. The summed E-state index contributed by atoms with van der Waals surface area (Å²) in [4.78, 5) is 26.9. The van der Waals surface area contributed by atoms with E-state index >= 15 is 0 Å². The lowest BCUT2D eigenvalue weighted by Crippen LogP contribution is -2.09. The Morgan fingerprint density at radius 1 is 1.05 bits per heavy atom. The van der Waals surface area contributed by atoms with Gasteiger partial charge in [-0.25, -0.2) is 4.98 Å². The molecule has 0 spiro atoms. The van der Waals surface area contributed by atoms with Crippen LogP contribution in [0.1, 0.15) is 11.4 Å². The predicted molar refractivity (Wildman–Crippen MR) is 73.3 cm³/mol. The van der Waals surface area contributed by atoms with Crippen LogP contribution in [-0.2, 0) is 0 Å². The summed E-state index contributed by atoms with van der Waals surface area (Å²) in [7, 11) is 0. The molecular weight excluding hydrogens is 240 g/mol. The van der Waals surface area contributed by atoms with E-state index in [1.807, 2.05) is 18.2 Å². The van der Waals surface area contributed by atoms with E-state index in [0.29, 0.717) is 16.7 Å². The van der Waals surface area contributed by atoms with Crippen molar-refractivity contribution in [2.24, 2.45) is 0 Å². The molecule has 5 heteroatoms. The SMILES string of the molecule is O=c1[nH]c(/C=C/c2cccnc2)nc2cnccc12. The quantitative estimate of drug-likeness (QED) is 0.753. The third-order valence-corrected chi connectivity index (χ3v) is 2.65. The van der Waals surface area contributed by atoms with Crippen LogP contribution in [0.5, 0.6) is 0 Å². The standard InChI is InChI=1S/C14H10N4O/c19-14-11-5-7-16-9-12(11)17-13(18-14)4-3-10-2-1-6-15-8-10/h1-9H,(H,17,18,19)/b4-3+. The first-order chi connectivity index (χ1) is 9.33. The molecular formula is C14H10N4O. The molecule has 92 valence electrons. The summed E-state index contributed by atoms with van der Waals surface area (Å²) in [5.74, 6) is 0.495. The summed E-state index contributed by atoms with van der Waals surface area (Å²) in [5, 5.41) is 0.536. The Kier molecular flexibility index (Phi) is 2.86. The minimum Gasteiger partial charge on any atom is -0.306 e. The Bertz CT molecular complexity index is 793. The zero-order chi connectivity index (χ0) is 13.1. The third kappa shape index (κ3) is 2.40. The highest BCUT2D eigenvalue weighted by Gasteiger charge is 2.00. The van der Waals surface area contributed by atoms with Crippen molar-refractivity contribution in [3.05, 3.63) is 64.7 Å². The van der Waals surface area contributed by atoms with Gasteiger partial charge in [-0.2, -0.15) is 0 Å². The van der Waals surface area contributed by atoms with Gasteiger partial charge in [0.1, 0.15) is 5.82 Å². The average molecular weight is 250 g/mol. The Hall–Kier alpha value is -2.82. The number of rotatable bonds is 2. The van der Waals surface area contributed by atoms with Gasteiger partial charge in [0.2, 0.25) is 0 Å². The van der Waals surface area contributed by atoms with Crippen LogP contribution in [-0.4, -0.2) is 19.9 Å². The van der Waals surface area contributed by atoms with Crippen molar-refractivity contribution < 1.29 is 0 Å². The summed E-state index contributed by atoms with van der Waals surface area (Å²) in [6.45, 7) is 0. The van der Waals surface area contributed by atoms with Gasteiger partial charge in [-0.05, 0) is 29.8 Å². The molecule has 0 saturated heterocycles. The molecule has 0 aliphatic rings. The zero-order valence-corrected chi connectivity index (χ0v) is 9.95. The fraction of sp³-hybridized carbons (Fsp3) is 0. The topological polar surface area (TPSA) is 71.5 Å². The highest BCUT2D eigenvalue weighted by atomic mass is 16.1. The predicted octanol–water partition coefficient (Wildman–Crippen LogP) is 1.88. The largest absolute Gasteiger partial charge is 0.306 e. The highest BCUT2D eigenvalue weighted by Crippen LogP contribution is 2.06. The lowest BCUT2D eigenvalue weighted by molar-refractivity contribution is 1.13. The third-order valence-electron chi connectivity index (χ3n) is 2.65. The van der Waals surface area contributed by atoms with Gasteiger partial charge in [0, 0.05) is 18.6 Å². The van der Waals surface area contributed by atoms with E-state index in [0.717, 1.165) is 5.56 Å². The summed E-state index contributed by atoms with van der Waals surface area (Å²) in [6.07, 6.45) is 10.2. The number of pyridine rings is 2. The van der Waals surface area contributed by atoms with Crippen LogP contribution in [0.25, 0.3) is 23.1 Å². The minimum atomic E-state index is -0.168. The van der Waals surface area contributed by atoms with E-state index in [-0.39, 0.29) is 5.56 Å². The van der Waals surface area contributed by atoms with Crippen LogP contribution in [0.15, 0.2) is 47.8 Å². The molecule has 0 aliphatic heterocycles. The molecule has 19 heavy (non-hydrogen) atoms. The Balaban J connectivity index is 2.02. The molecule has 0 bridgehead atoms. The van der Waals surface area contributed by atoms with Gasteiger partial charge >= 0.3 is 0 Å². The van der Waals surface area contributed by atoms with E-state index in [1.165, 1.54) is 0 Å². The maximum atomic E-state index is 11.8. The molecule has 0 fully saturated rings. The van der Waals surface area contributed by atoms with Crippen molar-refractivity contribution in [1.29, 1.82) is 0 Å². The molecule has 0 saturated carbocycles. The first kappa shape index (κ1) is 11.3. The number of nitrogens with one attached hydrogen (secondary N) is 1. The maximum Gasteiger partial charge on any atom is 0.259 e. The van der Waals surface area contributed by atoms with Crippen molar-refractivity contribution in [3.63, 3.8) is 0 Å². The van der Waals surface area contributed by atoms with Crippen LogP contribution < -0.4 is 5.56 Å². The molecule has 0 amide bonds. The first-order valence-electron chi connectivity index (χ1n) is 5.75. The normalized spacial score (nSPS) is 11.2. The monoisotopic (exact) mass is 250 g/mol. The second kappa shape index (κ2) is 4.81. The fourth-order valence-electron chi connectivity index (χ4n) is 1.74. The molecule has 3 aromatic rings. The second-order valence-electron chi connectivity index (χ2n) is 3.96. The molecule has 5 nitrogen and oxygen atoms in total. The molecule has 1 N–H and O–H groups in total. The van der Waals surface area contributed by atoms with Gasteiger partial charge in [-0.15, -0.1) is 0 Å². The van der Waals surface area contributed by atoms with Gasteiger partial charge in [-0.3, -0.25) is 14.8 Å². The molecule has 3 aromatic heterocycles. The molecule has 0 aliphatic carbocycles. The zero-order valence-electron chi connectivity index (χ0n) is 9.95. The van der Waals surface area contributed by atoms with E-state index in [4.69, 9.17) is 0 Å². The Morgan fingerprint density at radius 2 is 1.95 bits per heavy atom. The molecule has 0 atom stereocenters. The minimum absolute atomic E-state index is 0.168. The summed E-state index contributed by atoms with van der Waals surface area (Å²) >= 11 is 0. The number of aromatic nitrogens is 4. The van der Waals surface area contributed by atoms with E-state index in [1.54, 1.807) is 36.9 Å². The van der Waals surface area contributed by atoms with Gasteiger partial charge in [0.15, 0.2) is 0 Å². The smallest absolute Gasteiger partial charge is 0.259 e. The van der Waals surface area contributed by atoms with Crippen molar-refractivity contribution in [3.8, 4) is 0 Å². The van der Waals surface area contributed by atoms with Gasteiger partial charge in [-0.1, -0.05) is 6.07 Å². The number of hydrogen-bond donors (Lipinski definition) is 1. The number of nitrogens with zero attached hydrogens (tertiary/aromatic N) is 3. The maximum absolute atomic E-state index is 11.8. The van der Waals surface area contributed by atoms with Gasteiger partial charge in [0.25, 0.3) is 5.56 Å². The lowest BCUT2D eigenvalue weighted by atomic mass is 10.2. The van der Waals surface area contributed by atoms with Crippen molar-refractivity contribution >= 4 is 23.1 Å². The van der Waals surface area contributed by atoms with E-state index in [2.05, 4.69) is 19.9 Å². The van der Waals surface area contributed by atoms with Gasteiger partial charge in [0.05, 0.1) is 17.1 Å². The summed E-state index contributed by atoms with van der Waals surface area (Å²) in [6, 6.07) is 5.42. The first-order valence-corrected chi connectivity index (χ1v) is 5.75. The lowest BCUT2D eigenvalue weighted by Gasteiger charge is -1.97. The van der Waals surface area contributed by atoms with Crippen LogP contribution in [0.3, 0.4) is 0 Å². The molecule has 0 unspecified atom stereocenters. The molecule has 3 rings (SSSR count). The molecule has 3 heterocycles. The van der Waals surface area contributed by atoms with E-state index in [9.17, 15) is 4.79 Å². The van der Waals surface area contributed by atoms with Crippen LogP contribution in [0.4, 0.5) is 0 Å². The van der Waals surface area contributed by atoms with Crippen molar-refractivity contribution in [2.75, 3.05) is 0 Å². The number of hydrogen-bond acceptors (Lipinski definition) is 4.